The van der Waals surface area contributed by atoms with Crippen LogP contribution in [0.1, 0.15) is 45.2 Å². The van der Waals surface area contributed by atoms with Crippen LogP contribution >= 0.6 is 0 Å². The SMILES string of the molecule is CO[C@H]1OC(COCc2ccccc2)[C@@H](O[C@H]2CC(C)[C@H](C)C(COCc3ccccc3)O2)[C@H](C)C1C. The van der Waals surface area contributed by atoms with Crippen molar-refractivity contribution in [2.24, 2.45) is 23.7 Å². The number of hydrogen-bond donors (Lipinski definition) is 0. The van der Waals surface area contributed by atoms with Crippen LogP contribution in [0, 0.1) is 23.7 Å². The van der Waals surface area contributed by atoms with Gasteiger partial charge in [-0.2, -0.15) is 0 Å². The molecule has 0 aromatic heterocycles. The lowest BCUT2D eigenvalue weighted by Gasteiger charge is -2.47. The van der Waals surface area contributed by atoms with Crippen LogP contribution in [-0.2, 0) is 41.6 Å². The van der Waals surface area contributed by atoms with E-state index < -0.39 is 0 Å². The van der Waals surface area contributed by atoms with Crippen LogP contribution < -0.4 is 0 Å². The van der Waals surface area contributed by atoms with Crippen LogP contribution in [0.15, 0.2) is 60.7 Å². The second-order valence-electron chi connectivity index (χ2n) is 10.8. The van der Waals surface area contributed by atoms with E-state index in [1.807, 2.05) is 36.4 Å². The largest absolute Gasteiger partial charge is 0.374 e. The fourth-order valence-corrected chi connectivity index (χ4v) is 5.32. The molecule has 0 radical (unpaired) electrons. The van der Waals surface area contributed by atoms with Gasteiger partial charge in [0.25, 0.3) is 0 Å². The monoisotopic (exact) mass is 512 g/mol. The molecule has 4 unspecified atom stereocenters. The molecule has 0 spiro atoms. The van der Waals surface area contributed by atoms with Crippen molar-refractivity contribution in [3.8, 4) is 0 Å². The predicted molar refractivity (Wildman–Crippen MR) is 143 cm³/mol. The fourth-order valence-electron chi connectivity index (χ4n) is 5.32. The van der Waals surface area contributed by atoms with Crippen molar-refractivity contribution in [2.75, 3.05) is 20.3 Å². The van der Waals surface area contributed by atoms with Crippen LogP contribution in [0.25, 0.3) is 0 Å². The molecule has 2 aromatic carbocycles. The summed E-state index contributed by atoms with van der Waals surface area (Å²) in [6, 6.07) is 20.4. The lowest BCUT2D eigenvalue weighted by atomic mass is 9.83. The first-order chi connectivity index (χ1) is 18.0. The van der Waals surface area contributed by atoms with Crippen LogP contribution in [0.3, 0.4) is 0 Å². The highest BCUT2D eigenvalue weighted by atomic mass is 16.7. The summed E-state index contributed by atoms with van der Waals surface area (Å²) in [5, 5.41) is 0. The quantitative estimate of drug-likeness (QED) is 0.377. The molecule has 6 heteroatoms. The molecule has 2 fully saturated rings. The fraction of sp³-hybridized carbons (Fsp3) is 0.613. The predicted octanol–water partition coefficient (Wildman–Crippen LogP) is 5.84. The molecule has 204 valence electrons. The maximum atomic E-state index is 6.70. The molecule has 2 heterocycles. The van der Waals surface area contributed by atoms with Crippen molar-refractivity contribution in [3.63, 3.8) is 0 Å². The van der Waals surface area contributed by atoms with Gasteiger partial charge in [0.1, 0.15) is 6.10 Å². The molecular formula is C31H44O6. The lowest BCUT2D eigenvalue weighted by molar-refractivity contribution is -0.316. The summed E-state index contributed by atoms with van der Waals surface area (Å²) < 4.78 is 37.3. The number of hydrogen-bond acceptors (Lipinski definition) is 6. The van der Waals surface area contributed by atoms with Gasteiger partial charge in [-0.3, -0.25) is 0 Å². The average molecular weight is 513 g/mol. The zero-order valence-electron chi connectivity index (χ0n) is 23.0. The Hall–Kier alpha value is -1.80. The molecule has 2 aliphatic heterocycles. The van der Waals surface area contributed by atoms with Crippen molar-refractivity contribution in [3.05, 3.63) is 71.8 Å². The van der Waals surface area contributed by atoms with E-state index >= 15 is 0 Å². The minimum atomic E-state index is -0.310. The minimum absolute atomic E-state index is 0.0193. The summed E-state index contributed by atoms with van der Waals surface area (Å²) in [5.41, 5.74) is 2.30. The van der Waals surface area contributed by atoms with Crippen LogP contribution in [0.2, 0.25) is 0 Å². The third kappa shape index (κ3) is 7.62. The number of benzene rings is 2. The maximum Gasteiger partial charge on any atom is 0.160 e. The van der Waals surface area contributed by atoms with E-state index in [0.29, 0.717) is 38.3 Å². The van der Waals surface area contributed by atoms with E-state index in [2.05, 4.69) is 52.0 Å². The summed E-state index contributed by atoms with van der Waals surface area (Å²) in [4.78, 5) is 0. The normalized spacial score (nSPS) is 34.4. The van der Waals surface area contributed by atoms with Gasteiger partial charge in [-0.05, 0) is 28.9 Å². The van der Waals surface area contributed by atoms with E-state index in [-0.39, 0.29) is 42.7 Å². The van der Waals surface area contributed by atoms with Gasteiger partial charge in [0.2, 0.25) is 0 Å². The molecule has 37 heavy (non-hydrogen) atoms. The lowest BCUT2D eigenvalue weighted by Crippen LogP contribution is -2.55. The molecule has 4 rings (SSSR count). The first-order valence-corrected chi connectivity index (χ1v) is 13.7. The molecule has 0 N–H and O–H groups in total. The highest BCUT2D eigenvalue weighted by molar-refractivity contribution is 5.14. The molecule has 9 atom stereocenters. The van der Waals surface area contributed by atoms with E-state index in [4.69, 9.17) is 28.4 Å². The molecule has 2 aliphatic rings. The Morgan fingerprint density at radius 2 is 1.27 bits per heavy atom. The third-order valence-electron chi connectivity index (χ3n) is 8.16. The highest BCUT2D eigenvalue weighted by Crippen LogP contribution is 2.37. The molecule has 2 aromatic rings. The number of methoxy groups -OCH3 is 1. The van der Waals surface area contributed by atoms with Gasteiger partial charge in [0.05, 0.1) is 38.6 Å². The summed E-state index contributed by atoms with van der Waals surface area (Å²) in [6.07, 6.45) is -0.172. The summed E-state index contributed by atoms with van der Waals surface area (Å²) in [6.45, 7) is 11.0. The molecular weight excluding hydrogens is 468 g/mol. The van der Waals surface area contributed by atoms with Gasteiger partial charge in [0, 0.05) is 19.4 Å². The van der Waals surface area contributed by atoms with Gasteiger partial charge in [-0.1, -0.05) is 88.4 Å². The Balaban J connectivity index is 1.37. The second kappa shape index (κ2) is 13.8. The van der Waals surface area contributed by atoms with Gasteiger partial charge < -0.3 is 28.4 Å². The maximum absolute atomic E-state index is 6.70. The van der Waals surface area contributed by atoms with Crippen molar-refractivity contribution in [1.82, 2.24) is 0 Å². The van der Waals surface area contributed by atoms with Gasteiger partial charge in [-0.15, -0.1) is 0 Å². The van der Waals surface area contributed by atoms with Crippen LogP contribution in [0.4, 0.5) is 0 Å². The Labute approximate surface area is 222 Å². The van der Waals surface area contributed by atoms with E-state index in [0.717, 1.165) is 12.0 Å². The standard InChI is InChI=1S/C31H44O6/c1-21-16-29(35-27(22(21)2)19-33-17-25-12-8-6-9-13-25)37-30-23(3)24(4)31(32-5)36-28(30)20-34-18-26-14-10-7-11-15-26/h6-15,21-24,27-31H,16-20H2,1-5H3/t21?,22-,23+,24?,27?,28?,29-,30-,31-/m0/s1. The Kier molecular flexibility index (Phi) is 10.5. The topological polar surface area (TPSA) is 55.4 Å². The summed E-state index contributed by atoms with van der Waals surface area (Å²) in [5.74, 6) is 1.25. The molecule has 2 saturated heterocycles. The third-order valence-corrected chi connectivity index (χ3v) is 8.16. The van der Waals surface area contributed by atoms with E-state index in [1.165, 1.54) is 5.56 Å². The molecule has 0 amide bonds. The molecule has 6 nitrogen and oxygen atoms in total. The van der Waals surface area contributed by atoms with Crippen LogP contribution in [-0.4, -0.2) is 51.2 Å². The number of rotatable bonds is 11. The first-order valence-electron chi connectivity index (χ1n) is 13.7. The van der Waals surface area contributed by atoms with Crippen LogP contribution in [0.5, 0.6) is 0 Å². The van der Waals surface area contributed by atoms with Crippen molar-refractivity contribution in [1.29, 1.82) is 0 Å². The van der Waals surface area contributed by atoms with Gasteiger partial charge in [0.15, 0.2) is 12.6 Å². The zero-order valence-corrected chi connectivity index (χ0v) is 23.0. The first kappa shape index (κ1) is 28.2. The smallest absolute Gasteiger partial charge is 0.160 e. The Bertz CT molecular complexity index is 908. The van der Waals surface area contributed by atoms with Crippen molar-refractivity contribution < 1.29 is 28.4 Å². The minimum Gasteiger partial charge on any atom is -0.374 e. The zero-order chi connectivity index (χ0) is 26.2. The molecule has 0 saturated carbocycles. The van der Waals surface area contributed by atoms with Gasteiger partial charge >= 0.3 is 0 Å². The number of ether oxygens (including phenoxy) is 6. The van der Waals surface area contributed by atoms with Crippen molar-refractivity contribution in [2.45, 2.75) is 78.2 Å². The highest BCUT2D eigenvalue weighted by Gasteiger charge is 2.45. The Morgan fingerprint density at radius 3 is 1.84 bits per heavy atom. The second-order valence-corrected chi connectivity index (χ2v) is 10.8. The van der Waals surface area contributed by atoms with Gasteiger partial charge in [-0.25, -0.2) is 0 Å². The van der Waals surface area contributed by atoms with Crippen molar-refractivity contribution >= 4 is 0 Å². The molecule has 0 bridgehead atoms. The summed E-state index contributed by atoms with van der Waals surface area (Å²) >= 11 is 0. The molecule has 0 aliphatic carbocycles. The average Bonchev–Trinajstić information content (AvgIpc) is 2.92. The van der Waals surface area contributed by atoms with E-state index in [1.54, 1.807) is 7.11 Å². The Morgan fingerprint density at radius 1 is 0.703 bits per heavy atom. The summed E-state index contributed by atoms with van der Waals surface area (Å²) in [7, 11) is 1.70. The van der Waals surface area contributed by atoms with E-state index in [9.17, 15) is 0 Å².